The molecule has 0 spiro atoms. The molecule has 78 valence electrons. The zero-order valence-corrected chi connectivity index (χ0v) is 8.44. The van der Waals surface area contributed by atoms with E-state index in [0.29, 0.717) is 5.92 Å². The Kier molecular flexibility index (Phi) is 3.10. The third-order valence-electron chi connectivity index (χ3n) is 2.54. The molecular formula is C9H16N4O. The first kappa shape index (κ1) is 9.61. The lowest BCUT2D eigenvalue weighted by Gasteiger charge is -2.26. The van der Waals surface area contributed by atoms with E-state index in [0.717, 1.165) is 38.5 Å². The van der Waals surface area contributed by atoms with E-state index < -0.39 is 0 Å². The van der Waals surface area contributed by atoms with Crippen LogP contribution >= 0.6 is 0 Å². The summed E-state index contributed by atoms with van der Waals surface area (Å²) in [5.74, 6) is 1.67. The lowest BCUT2D eigenvalue weighted by atomic mass is 10.0. The van der Waals surface area contributed by atoms with Crippen LogP contribution < -0.4 is 5.32 Å². The molecule has 0 amide bonds. The van der Waals surface area contributed by atoms with Gasteiger partial charge in [-0.2, -0.15) is 0 Å². The number of aromatic nitrogens is 3. The van der Waals surface area contributed by atoms with Gasteiger partial charge >= 0.3 is 0 Å². The second kappa shape index (κ2) is 4.52. The summed E-state index contributed by atoms with van der Waals surface area (Å²) >= 11 is 0. The summed E-state index contributed by atoms with van der Waals surface area (Å²) in [5, 5.41) is 11.3. The van der Waals surface area contributed by atoms with Crippen LogP contribution in [0.1, 0.15) is 18.2 Å². The van der Waals surface area contributed by atoms with Crippen LogP contribution in [0.3, 0.4) is 0 Å². The molecule has 1 fully saturated rings. The van der Waals surface area contributed by atoms with Crippen molar-refractivity contribution in [2.75, 3.05) is 26.8 Å². The van der Waals surface area contributed by atoms with Gasteiger partial charge in [-0.25, -0.2) is 0 Å². The maximum Gasteiger partial charge on any atom is 0.138 e. The highest BCUT2D eigenvalue weighted by Gasteiger charge is 2.23. The molecule has 5 nitrogen and oxygen atoms in total. The van der Waals surface area contributed by atoms with Gasteiger partial charge in [-0.05, 0) is 6.42 Å². The van der Waals surface area contributed by atoms with Crippen LogP contribution in [0.5, 0.6) is 0 Å². The van der Waals surface area contributed by atoms with Crippen molar-refractivity contribution in [2.45, 2.75) is 18.9 Å². The topological polar surface area (TPSA) is 52.0 Å². The first-order valence-corrected chi connectivity index (χ1v) is 4.99. The quantitative estimate of drug-likeness (QED) is 0.674. The van der Waals surface area contributed by atoms with E-state index in [4.69, 9.17) is 4.74 Å². The molecule has 1 aliphatic heterocycles. The molecule has 1 aromatic rings. The van der Waals surface area contributed by atoms with Gasteiger partial charge in [-0.15, -0.1) is 10.2 Å². The van der Waals surface area contributed by atoms with Gasteiger partial charge in [0.15, 0.2) is 0 Å². The third-order valence-corrected chi connectivity index (χ3v) is 2.54. The number of rotatable bonds is 5. The van der Waals surface area contributed by atoms with Crippen LogP contribution in [0.15, 0.2) is 6.33 Å². The van der Waals surface area contributed by atoms with E-state index in [1.54, 1.807) is 7.11 Å². The summed E-state index contributed by atoms with van der Waals surface area (Å²) < 4.78 is 7.14. The summed E-state index contributed by atoms with van der Waals surface area (Å²) in [6, 6.07) is 0. The van der Waals surface area contributed by atoms with Crippen LogP contribution in [0.2, 0.25) is 0 Å². The van der Waals surface area contributed by atoms with Crippen molar-refractivity contribution < 1.29 is 4.74 Å². The number of methoxy groups -OCH3 is 1. The fourth-order valence-electron chi connectivity index (χ4n) is 1.60. The Morgan fingerprint density at radius 1 is 1.64 bits per heavy atom. The first-order valence-electron chi connectivity index (χ1n) is 4.99. The van der Waals surface area contributed by atoms with Gasteiger partial charge in [0.05, 0.1) is 0 Å². The second-order valence-corrected chi connectivity index (χ2v) is 3.58. The molecule has 1 aromatic heterocycles. The smallest absolute Gasteiger partial charge is 0.138 e. The zero-order valence-electron chi connectivity index (χ0n) is 8.44. The second-order valence-electron chi connectivity index (χ2n) is 3.58. The predicted molar refractivity (Wildman–Crippen MR) is 52.1 cm³/mol. The van der Waals surface area contributed by atoms with Gasteiger partial charge in [0, 0.05) is 39.3 Å². The molecule has 1 aliphatic rings. The number of nitrogens with one attached hydrogen (secondary N) is 1. The Hall–Kier alpha value is -0.940. The lowest BCUT2D eigenvalue weighted by molar-refractivity contribution is 0.189. The van der Waals surface area contributed by atoms with Crippen LogP contribution in [-0.2, 0) is 11.3 Å². The molecule has 0 radical (unpaired) electrons. The molecule has 0 unspecified atom stereocenters. The summed E-state index contributed by atoms with van der Waals surface area (Å²) in [5.41, 5.74) is 0. The van der Waals surface area contributed by atoms with E-state index in [2.05, 4.69) is 20.1 Å². The number of ether oxygens (including phenoxy) is 1. The SMILES string of the molecule is COCCCn1cnnc1C1CNC1. The molecule has 1 saturated heterocycles. The fourth-order valence-corrected chi connectivity index (χ4v) is 1.60. The first-order chi connectivity index (χ1) is 6.92. The van der Waals surface area contributed by atoms with Crippen LogP contribution in [-0.4, -0.2) is 41.6 Å². The van der Waals surface area contributed by atoms with Crippen molar-refractivity contribution >= 4 is 0 Å². The molecule has 0 saturated carbocycles. The van der Waals surface area contributed by atoms with E-state index in [1.165, 1.54) is 0 Å². The molecule has 0 aliphatic carbocycles. The van der Waals surface area contributed by atoms with Crippen molar-refractivity contribution in [3.8, 4) is 0 Å². The minimum atomic E-state index is 0.556. The minimum Gasteiger partial charge on any atom is -0.385 e. The van der Waals surface area contributed by atoms with Gasteiger partial charge in [-0.1, -0.05) is 0 Å². The average molecular weight is 196 g/mol. The number of aryl methyl sites for hydroxylation is 1. The molecule has 5 heteroatoms. The maximum absolute atomic E-state index is 5.01. The van der Waals surface area contributed by atoms with Crippen molar-refractivity contribution in [1.29, 1.82) is 0 Å². The lowest BCUT2D eigenvalue weighted by Crippen LogP contribution is -2.41. The van der Waals surface area contributed by atoms with Crippen molar-refractivity contribution in [3.63, 3.8) is 0 Å². The molecule has 2 heterocycles. The largest absolute Gasteiger partial charge is 0.385 e. The fraction of sp³-hybridized carbons (Fsp3) is 0.778. The highest BCUT2D eigenvalue weighted by Crippen LogP contribution is 2.16. The molecule has 1 N–H and O–H groups in total. The number of nitrogens with zero attached hydrogens (tertiary/aromatic N) is 3. The summed E-state index contributed by atoms with van der Waals surface area (Å²) in [6.07, 6.45) is 2.82. The molecule has 14 heavy (non-hydrogen) atoms. The van der Waals surface area contributed by atoms with E-state index in [1.807, 2.05) is 6.33 Å². The zero-order chi connectivity index (χ0) is 9.80. The van der Waals surface area contributed by atoms with E-state index in [-0.39, 0.29) is 0 Å². The van der Waals surface area contributed by atoms with Crippen LogP contribution in [0.25, 0.3) is 0 Å². The van der Waals surface area contributed by atoms with Crippen molar-refractivity contribution in [3.05, 3.63) is 12.2 Å². The Morgan fingerprint density at radius 2 is 2.50 bits per heavy atom. The van der Waals surface area contributed by atoms with Gasteiger partial charge in [0.25, 0.3) is 0 Å². The number of hydrogen-bond acceptors (Lipinski definition) is 4. The molecule has 0 atom stereocenters. The number of hydrogen-bond donors (Lipinski definition) is 1. The Balaban J connectivity index is 1.91. The van der Waals surface area contributed by atoms with Gasteiger partial charge in [0.1, 0.15) is 12.2 Å². The summed E-state index contributed by atoms with van der Waals surface area (Å²) in [6.45, 7) is 3.80. The van der Waals surface area contributed by atoms with Gasteiger partial charge in [0.2, 0.25) is 0 Å². The van der Waals surface area contributed by atoms with Gasteiger partial charge in [-0.3, -0.25) is 0 Å². The van der Waals surface area contributed by atoms with E-state index >= 15 is 0 Å². The minimum absolute atomic E-state index is 0.556. The summed E-state index contributed by atoms with van der Waals surface area (Å²) in [7, 11) is 1.73. The third kappa shape index (κ3) is 1.93. The Morgan fingerprint density at radius 3 is 3.14 bits per heavy atom. The standard InChI is InChI=1S/C9H16N4O/c1-14-4-2-3-13-7-11-12-9(13)8-5-10-6-8/h7-8,10H,2-6H2,1H3. The van der Waals surface area contributed by atoms with E-state index in [9.17, 15) is 0 Å². The van der Waals surface area contributed by atoms with Crippen molar-refractivity contribution in [1.82, 2.24) is 20.1 Å². The summed E-state index contributed by atoms with van der Waals surface area (Å²) in [4.78, 5) is 0. The maximum atomic E-state index is 5.01. The molecule has 0 bridgehead atoms. The molecule has 0 aromatic carbocycles. The predicted octanol–water partition coefficient (Wildman–Crippen LogP) is 0.00140. The van der Waals surface area contributed by atoms with Crippen LogP contribution in [0, 0.1) is 0 Å². The highest BCUT2D eigenvalue weighted by atomic mass is 16.5. The Labute approximate surface area is 83.5 Å². The average Bonchev–Trinajstić information content (AvgIpc) is 2.51. The van der Waals surface area contributed by atoms with Crippen LogP contribution in [0.4, 0.5) is 0 Å². The highest BCUT2D eigenvalue weighted by molar-refractivity contribution is 5.03. The molecule has 2 rings (SSSR count). The normalized spacial score (nSPS) is 16.9. The van der Waals surface area contributed by atoms with Crippen molar-refractivity contribution in [2.24, 2.45) is 0 Å². The monoisotopic (exact) mass is 196 g/mol. The Bertz CT molecular complexity index is 282. The molecular weight excluding hydrogens is 180 g/mol. The van der Waals surface area contributed by atoms with Gasteiger partial charge < -0.3 is 14.6 Å².